The number of hydrogen-bond acceptors (Lipinski definition) is 6. The van der Waals surface area contributed by atoms with E-state index in [0.29, 0.717) is 30.5 Å². The molecule has 0 saturated heterocycles. The van der Waals surface area contributed by atoms with Crippen LogP contribution < -0.4 is 15.7 Å². The van der Waals surface area contributed by atoms with Crippen molar-refractivity contribution in [2.24, 2.45) is 0 Å². The van der Waals surface area contributed by atoms with Gasteiger partial charge >= 0.3 is 11.6 Å². The predicted octanol–water partition coefficient (Wildman–Crippen LogP) is 3.09. The third-order valence-electron chi connectivity index (χ3n) is 4.23. The van der Waals surface area contributed by atoms with E-state index in [2.05, 4.69) is 5.32 Å². The molecule has 0 spiro atoms. The average Bonchev–Trinajstić information content (AvgIpc) is 2.70. The summed E-state index contributed by atoms with van der Waals surface area (Å²) in [5.41, 5.74) is 0.743. The van der Waals surface area contributed by atoms with E-state index in [1.165, 1.54) is 12.1 Å². The predicted molar refractivity (Wildman–Crippen MR) is 107 cm³/mol. The maximum Gasteiger partial charge on any atom is 0.349 e. The normalized spacial score (nSPS) is 10.7. The van der Waals surface area contributed by atoms with Crippen LogP contribution in [0.25, 0.3) is 11.0 Å². The minimum absolute atomic E-state index is 0.0839. The summed E-state index contributed by atoms with van der Waals surface area (Å²) < 4.78 is 15.5. The Morgan fingerprint density at radius 2 is 1.93 bits per heavy atom. The number of amides is 1. The van der Waals surface area contributed by atoms with E-state index >= 15 is 0 Å². The number of aryl methyl sites for hydroxylation is 1. The highest BCUT2D eigenvalue weighted by atomic mass is 16.5. The Kier molecular flexibility index (Phi) is 6.41. The number of rotatable bonds is 7. The van der Waals surface area contributed by atoms with Gasteiger partial charge in [-0.25, -0.2) is 9.59 Å². The van der Waals surface area contributed by atoms with Crippen LogP contribution in [0.5, 0.6) is 5.75 Å². The molecule has 7 heteroatoms. The summed E-state index contributed by atoms with van der Waals surface area (Å²) in [6.45, 7) is 2.78. The van der Waals surface area contributed by atoms with Crippen LogP contribution in [0.1, 0.15) is 32.7 Å². The van der Waals surface area contributed by atoms with E-state index in [0.717, 1.165) is 5.56 Å². The molecule has 2 aromatic carbocycles. The first-order valence-electron chi connectivity index (χ1n) is 9.12. The number of benzene rings is 2. The zero-order chi connectivity index (χ0) is 20.8. The summed E-state index contributed by atoms with van der Waals surface area (Å²) in [6.07, 6.45) is 0.636. The third-order valence-corrected chi connectivity index (χ3v) is 4.23. The molecule has 1 amide bonds. The number of carbonyl (C=O) groups is 2. The Morgan fingerprint density at radius 1 is 1.10 bits per heavy atom. The molecule has 0 unspecified atom stereocenters. The summed E-state index contributed by atoms with van der Waals surface area (Å²) in [6, 6.07) is 13.1. The van der Waals surface area contributed by atoms with Gasteiger partial charge in [-0.05, 0) is 43.7 Å². The van der Waals surface area contributed by atoms with Gasteiger partial charge in [0.25, 0.3) is 5.91 Å². The summed E-state index contributed by atoms with van der Waals surface area (Å²) >= 11 is 0. The molecule has 0 saturated carbocycles. The Balaban J connectivity index is 1.78. The zero-order valence-electron chi connectivity index (χ0n) is 16.2. The number of methoxy groups -OCH3 is 1. The Bertz CT molecular complexity index is 1100. The molecule has 1 N–H and O–H groups in total. The zero-order valence-corrected chi connectivity index (χ0v) is 16.2. The maximum atomic E-state index is 12.3. The molecular weight excluding hydrogens is 374 g/mol. The highest BCUT2D eigenvalue weighted by Crippen LogP contribution is 2.21. The molecule has 0 aliphatic carbocycles. The van der Waals surface area contributed by atoms with Crippen LogP contribution in [0.3, 0.4) is 0 Å². The van der Waals surface area contributed by atoms with Crippen LogP contribution in [-0.2, 0) is 4.74 Å². The topological polar surface area (TPSA) is 94.8 Å². The van der Waals surface area contributed by atoms with Gasteiger partial charge in [0.05, 0.1) is 5.56 Å². The number of nitrogens with one attached hydrogen (secondary N) is 1. The van der Waals surface area contributed by atoms with E-state index in [4.69, 9.17) is 13.9 Å². The summed E-state index contributed by atoms with van der Waals surface area (Å²) in [4.78, 5) is 36.7. The van der Waals surface area contributed by atoms with Crippen molar-refractivity contribution < 1.29 is 23.5 Å². The van der Waals surface area contributed by atoms with Crippen molar-refractivity contribution >= 4 is 22.8 Å². The number of carbonyl (C=O) groups excluding carboxylic acids is 2. The van der Waals surface area contributed by atoms with Gasteiger partial charge < -0.3 is 19.2 Å². The lowest BCUT2D eigenvalue weighted by Crippen LogP contribution is -2.29. The van der Waals surface area contributed by atoms with Gasteiger partial charge in [0.15, 0.2) is 0 Å². The molecule has 1 aromatic heterocycles. The fourth-order valence-corrected chi connectivity index (χ4v) is 2.76. The minimum atomic E-state index is -0.760. The second kappa shape index (κ2) is 9.16. The molecule has 0 bridgehead atoms. The molecule has 1 heterocycles. The van der Waals surface area contributed by atoms with Gasteiger partial charge in [-0.15, -0.1) is 0 Å². The van der Waals surface area contributed by atoms with E-state index in [1.54, 1.807) is 37.4 Å². The van der Waals surface area contributed by atoms with Crippen molar-refractivity contribution in [3.05, 3.63) is 75.6 Å². The maximum absolute atomic E-state index is 12.3. The largest absolute Gasteiger partial charge is 0.423 e. The van der Waals surface area contributed by atoms with Gasteiger partial charge in [0.1, 0.15) is 16.9 Å². The van der Waals surface area contributed by atoms with Crippen molar-refractivity contribution in [2.45, 2.75) is 13.3 Å². The smallest absolute Gasteiger partial charge is 0.349 e. The Hall–Kier alpha value is -3.45. The van der Waals surface area contributed by atoms with Crippen molar-refractivity contribution in [1.82, 2.24) is 5.32 Å². The van der Waals surface area contributed by atoms with Gasteiger partial charge in [0, 0.05) is 31.7 Å². The molecule has 0 aliphatic heterocycles. The Labute approximate surface area is 167 Å². The molecule has 29 heavy (non-hydrogen) atoms. The SMILES string of the molecule is COCCCNC(=O)c1cc2ccc(OC(=O)c3cccc(C)c3)cc2oc1=O. The van der Waals surface area contributed by atoms with Crippen LogP contribution in [-0.4, -0.2) is 32.1 Å². The number of hydrogen-bond donors (Lipinski definition) is 1. The first-order valence-corrected chi connectivity index (χ1v) is 9.12. The fourth-order valence-electron chi connectivity index (χ4n) is 2.76. The monoisotopic (exact) mass is 395 g/mol. The molecule has 3 rings (SSSR count). The summed E-state index contributed by atoms with van der Waals surface area (Å²) in [7, 11) is 1.58. The number of esters is 1. The second-order valence-corrected chi connectivity index (χ2v) is 6.51. The molecule has 150 valence electrons. The van der Waals surface area contributed by atoms with Crippen LogP contribution >= 0.6 is 0 Å². The Morgan fingerprint density at radius 3 is 2.69 bits per heavy atom. The summed E-state index contributed by atoms with van der Waals surface area (Å²) in [5, 5.41) is 3.19. The highest BCUT2D eigenvalue weighted by Gasteiger charge is 2.15. The van der Waals surface area contributed by atoms with Crippen LogP contribution in [0.15, 0.2) is 57.7 Å². The number of ether oxygens (including phenoxy) is 2. The third kappa shape index (κ3) is 5.08. The van der Waals surface area contributed by atoms with E-state index in [9.17, 15) is 14.4 Å². The first-order chi connectivity index (χ1) is 14.0. The molecule has 0 radical (unpaired) electrons. The minimum Gasteiger partial charge on any atom is -0.423 e. The average molecular weight is 395 g/mol. The van der Waals surface area contributed by atoms with Gasteiger partial charge in [0.2, 0.25) is 0 Å². The van der Waals surface area contributed by atoms with Crippen LogP contribution in [0.2, 0.25) is 0 Å². The molecular formula is C22H21NO6. The van der Waals surface area contributed by atoms with E-state index < -0.39 is 17.5 Å². The number of fused-ring (bicyclic) bond motifs is 1. The molecule has 7 nitrogen and oxygen atoms in total. The lowest BCUT2D eigenvalue weighted by molar-refractivity contribution is 0.0734. The van der Waals surface area contributed by atoms with Crippen LogP contribution in [0.4, 0.5) is 0 Å². The standard InChI is InChI=1S/C22H21NO6/c1-14-5-3-6-16(11-14)21(25)28-17-8-7-15-12-18(22(26)29-19(15)13-17)20(24)23-9-4-10-27-2/h3,5-8,11-13H,4,9-10H2,1-2H3,(H,23,24). The van der Waals surface area contributed by atoms with Crippen molar-refractivity contribution in [1.29, 1.82) is 0 Å². The van der Waals surface area contributed by atoms with Crippen molar-refractivity contribution in [3.63, 3.8) is 0 Å². The highest BCUT2D eigenvalue weighted by molar-refractivity contribution is 5.97. The van der Waals surface area contributed by atoms with Gasteiger partial charge in [-0.3, -0.25) is 4.79 Å². The lowest BCUT2D eigenvalue weighted by atomic mass is 10.1. The summed E-state index contributed by atoms with van der Waals surface area (Å²) in [5.74, 6) is -0.780. The molecule has 0 aliphatic rings. The van der Waals surface area contributed by atoms with Gasteiger partial charge in [-0.1, -0.05) is 17.7 Å². The van der Waals surface area contributed by atoms with Crippen molar-refractivity contribution in [3.8, 4) is 5.75 Å². The van der Waals surface area contributed by atoms with Crippen LogP contribution in [0, 0.1) is 6.92 Å². The van der Waals surface area contributed by atoms with Crippen molar-refractivity contribution in [2.75, 3.05) is 20.3 Å². The van der Waals surface area contributed by atoms with Gasteiger partial charge in [-0.2, -0.15) is 0 Å². The lowest BCUT2D eigenvalue weighted by Gasteiger charge is -2.07. The molecule has 3 aromatic rings. The van der Waals surface area contributed by atoms with E-state index in [1.807, 2.05) is 13.0 Å². The fraction of sp³-hybridized carbons (Fsp3) is 0.227. The van der Waals surface area contributed by atoms with E-state index in [-0.39, 0.29) is 16.9 Å². The first kappa shape index (κ1) is 20.3. The quantitative estimate of drug-likeness (QED) is 0.286. The molecule has 0 atom stereocenters. The second-order valence-electron chi connectivity index (χ2n) is 6.51. The molecule has 0 fully saturated rings.